The number of methoxy groups -OCH3 is 1. The van der Waals surface area contributed by atoms with E-state index in [1.54, 1.807) is 7.11 Å². The molecule has 1 aliphatic carbocycles. The lowest BCUT2D eigenvalue weighted by molar-refractivity contribution is -0.0353. The van der Waals surface area contributed by atoms with Crippen LogP contribution in [0.15, 0.2) is 36.4 Å². The van der Waals surface area contributed by atoms with Crippen LogP contribution in [0.25, 0.3) is 11.1 Å². The third-order valence-electron chi connectivity index (χ3n) is 8.25. The summed E-state index contributed by atoms with van der Waals surface area (Å²) in [5.74, 6) is 2.16. The molecule has 3 fully saturated rings. The van der Waals surface area contributed by atoms with Crippen LogP contribution in [-0.4, -0.2) is 49.9 Å². The number of carbonyl (C=O) groups excluding carboxylic acids is 1. The topological polar surface area (TPSA) is 60.0 Å². The zero-order valence-electron chi connectivity index (χ0n) is 22.3. The van der Waals surface area contributed by atoms with Crippen LogP contribution in [0.1, 0.15) is 64.1 Å². The Bertz CT molecular complexity index is 1090. The number of amides is 1. The van der Waals surface area contributed by atoms with Crippen LogP contribution in [0.2, 0.25) is 0 Å². The molecule has 3 saturated heterocycles. The van der Waals surface area contributed by atoms with Gasteiger partial charge in [0.2, 0.25) is 0 Å². The molecule has 2 atom stereocenters. The number of alkyl carbamates (subject to hydrolysis) is 1. The van der Waals surface area contributed by atoms with Crippen molar-refractivity contribution >= 4 is 6.09 Å². The van der Waals surface area contributed by atoms with Crippen LogP contribution in [0.5, 0.6) is 11.5 Å². The summed E-state index contributed by atoms with van der Waals surface area (Å²) in [4.78, 5) is 15.5. The Labute approximate surface area is 215 Å². The molecule has 194 valence electrons. The minimum atomic E-state index is -0.302. The summed E-state index contributed by atoms with van der Waals surface area (Å²) in [5.41, 5.74) is 4.42. The number of carbonyl (C=O) groups is 1. The first-order chi connectivity index (χ1) is 17.2. The first-order valence-electron chi connectivity index (χ1n) is 13.4. The van der Waals surface area contributed by atoms with E-state index in [0.29, 0.717) is 5.92 Å². The largest absolute Gasteiger partial charge is 0.496 e. The molecule has 6 heteroatoms. The first-order valence-corrected chi connectivity index (χ1v) is 13.4. The van der Waals surface area contributed by atoms with E-state index in [1.807, 2.05) is 26.0 Å². The molecule has 0 aromatic heterocycles. The molecule has 2 aromatic rings. The standard InChI is InChI=1S/C30H40N2O4/c1-19(2)35-23-8-6-20(7-9-23)24-16-22-10-13-30(3,4)28(25(22)17-26(24)34-5)31-29(33)36-27-18-32-14-11-21(27)12-15-32/h6-9,16-17,19,21,27-28H,10-15,18H2,1-5H3,(H,31,33)/t27-,28?/m0/s1. The molecule has 1 N–H and O–H groups in total. The van der Waals surface area contributed by atoms with Crippen molar-refractivity contribution in [2.24, 2.45) is 11.3 Å². The van der Waals surface area contributed by atoms with Crippen LogP contribution < -0.4 is 14.8 Å². The summed E-state index contributed by atoms with van der Waals surface area (Å²) in [6.45, 7) is 11.6. The van der Waals surface area contributed by atoms with Gasteiger partial charge in [-0.15, -0.1) is 0 Å². The number of aryl methyl sites for hydroxylation is 1. The second kappa shape index (κ2) is 9.97. The monoisotopic (exact) mass is 492 g/mol. The number of ether oxygens (including phenoxy) is 3. The number of nitrogens with zero attached hydrogens (tertiary/aromatic N) is 1. The molecule has 2 aromatic carbocycles. The molecule has 0 spiro atoms. The highest BCUT2D eigenvalue weighted by molar-refractivity contribution is 5.74. The number of benzene rings is 2. The normalized spacial score (nSPS) is 26.3. The van der Waals surface area contributed by atoms with Crippen LogP contribution in [-0.2, 0) is 11.2 Å². The van der Waals surface area contributed by atoms with Crippen LogP contribution in [0.4, 0.5) is 4.79 Å². The molecule has 3 heterocycles. The number of fused-ring (bicyclic) bond motifs is 4. The Morgan fingerprint density at radius 2 is 1.83 bits per heavy atom. The summed E-state index contributed by atoms with van der Waals surface area (Å²) in [6, 6.07) is 12.4. The van der Waals surface area contributed by atoms with Crippen molar-refractivity contribution in [2.75, 3.05) is 26.7 Å². The van der Waals surface area contributed by atoms with E-state index in [1.165, 1.54) is 5.56 Å². The van der Waals surface area contributed by atoms with Crippen molar-refractivity contribution in [3.05, 3.63) is 47.5 Å². The smallest absolute Gasteiger partial charge is 0.407 e. The Hall–Kier alpha value is -2.73. The van der Waals surface area contributed by atoms with Gasteiger partial charge in [-0.2, -0.15) is 0 Å². The van der Waals surface area contributed by atoms with Crippen molar-refractivity contribution in [1.82, 2.24) is 10.2 Å². The second-order valence-corrected chi connectivity index (χ2v) is 11.6. The highest BCUT2D eigenvalue weighted by Crippen LogP contribution is 2.47. The van der Waals surface area contributed by atoms with Crippen LogP contribution in [0, 0.1) is 11.3 Å². The first kappa shape index (κ1) is 24.9. The van der Waals surface area contributed by atoms with Crippen molar-refractivity contribution in [3.8, 4) is 22.6 Å². The van der Waals surface area contributed by atoms with E-state index >= 15 is 0 Å². The predicted octanol–water partition coefficient (Wildman–Crippen LogP) is 5.98. The number of hydrogen-bond acceptors (Lipinski definition) is 5. The Balaban J connectivity index is 1.39. The molecule has 6 nitrogen and oxygen atoms in total. The Morgan fingerprint density at radius 1 is 1.11 bits per heavy atom. The van der Waals surface area contributed by atoms with E-state index in [-0.39, 0.29) is 29.8 Å². The van der Waals surface area contributed by atoms with Crippen LogP contribution in [0.3, 0.4) is 0 Å². The highest BCUT2D eigenvalue weighted by Gasteiger charge is 2.40. The van der Waals surface area contributed by atoms with Gasteiger partial charge in [0, 0.05) is 12.1 Å². The van der Waals surface area contributed by atoms with Gasteiger partial charge in [0.1, 0.15) is 17.6 Å². The molecule has 0 saturated carbocycles. The van der Waals surface area contributed by atoms with E-state index in [4.69, 9.17) is 14.2 Å². The molecular weight excluding hydrogens is 452 g/mol. The van der Waals surface area contributed by atoms with E-state index < -0.39 is 0 Å². The molecule has 2 bridgehead atoms. The van der Waals surface area contributed by atoms with Gasteiger partial charge in [-0.25, -0.2) is 4.79 Å². The third kappa shape index (κ3) is 5.06. The molecule has 3 aliphatic heterocycles. The summed E-state index contributed by atoms with van der Waals surface area (Å²) in [6.07, 6.45) is 4.03. The fourth-order valence-corrected chi connectivity index (χ4v) is 6.13. The van der Waals surface area contributed by atoms with Gasteiger partial charge >= 0.3 is 6.09 Å². The number of nitrogens with one attached hydrogen (secondary N) is 1. The summed E-state index contributed by atoms with van der Waals surface area (Å²) in [7, 11) is 1.71. The zero-order valence-corrected chi connectivity index (χ0v) is 22.3. The molecular formula is C30H40N2O4. The average molecular weight is 493 g/mol. The van der Waals surface area contributed by atoms with E-state index in [0.717, 1.165) is 73.5 Å². The van der Waals surface area contributed by atoms with Crippen molar-refractivity contribution in [1.29, 1.82) is 0 Å². The summed E-state index contributed by atoms with van der Waals surface area (Å²) in [5, 5.41) is 3.26. The fourth-order valence-electron chi connectivity index (χ4n) is 6.13. The van der Waals surface area contributed by atoms with Gasteiger partial charge < -0.3 is 19.5 Å². The SMILES string of the molecule is COc1cc2c(cc1-c1ccc(OC(C)C)cc1)CCC(C)(C)C2NC(=O)O[C@H]1CN2CCC1CC2. The van der Waals surface area contributed by atoms with Crippen molar-refractivity contribution in [3.63, 3.8) is 0 Å². The maximum Gasteiger partial charge on any atom is 0.407 e. The number of rotatable bonds is 6. The number of hydrogen-bond donors (Lipinski definition) is 1. The molecule has 1 unspecified atom stereocenters. The van der Waals surface area contributed by atoms with E-state index in [2.05, 4.69) is 48.3 Å². The summed E-state index contributed by atoms with van der Waals surface area (Å²) < 4.78 is 17.7. The Kier molecular flexibility index (Phi) is 6.90. The van der Waals surface area contributed by atoms with E-state index in [9.17, 15) is 4.79 Å². The minimum absolute atomic E-state index is 0.00164. The third-order valence-corrected chi connectivity index (χ3v) is 8.25. The molecule has 6 rings (SSSR count). The number of piperidine rings is 3. The van der Waals surface area contributed by atoms with Crippen molar-refractivity contribution in [2.45, 2.75) is 71.6 Å². The molecule has 0 radical (unpaired) electrons. The van der Waals surface area contributed by atoms with Gasteiger partial charge in [-0.1, -0.05) is 26.0 Å². The predicted molar refractivity (Wildman–Crippen MR) is 142 cm³/mol. The van der Waals surface area contributed by atoms with Gasteiger partial charge in [0.15, 0.2) is 0 Å². The summed E-state index contributed by atoms with van der Waals surface area (Å²) >= 11 is 0. The van der Waals surface area contributed by atoms with Gasteiger partial charge in [-0.05, 0) is 105 Å². The van der Waals surface area contributed by atoms with Crippen molar-refractivity contribution < 1.29 is 19.0 Å². The molecule has 4 aliphatic rings. The zero-order chi connectivity index (χ0) is 25.4. The fraction of sp³-hybridized carbons (Fsp3) is 0.567. The lowest BCUT2D eigenvalue weighted by Gasteiger charge is -2.44. The average Bonchev–Trinajstić information content (AvgIpc) is 2.86. The van der Waals surface area contributed by atoms with Crippen LogP contribution >= 0.6 is 0 Å². The molecule has 1 amide bonds. The lowest BCUT2D eigenvalue weighted by Crippen LogP contribution is -2.53. The second-order valence-electron chi connectivity index (χ2n) is 11.6. The maximum absolute atomic E-state index is 13.1. The van der Waals surface area contributed by atoms with Gasteiger partial charge in [0.05, 0.1) is 19.3 Å². The quantitative estimate of drug-likeness (QED) is 0.537. The lowest BCUT2D eigenvalue weighted by atomic mass is 9.70. The minimum Gasteiger partial charge on any atom is -0.496 e. The molecule has 36 heavy (non-hydrogen) atoms. The maximum atomic E-state index is 13.1. The Morgan fingerprint density at radius 3 is 2.44 bits per heavy atom. The van der Waals surface area contributed by atoms with Gasteiger partial charge in [0.25, 0.3) is 0 Å². The highest BCUT2D eigenvalue weighted by atomic mass is 16.6. The van der Waals surface area contributed by atoms with Gasteiger partial charge in [-0.3, -0.25) is 4.90 Å².